The van der Waals surface area contributed by atoms with Gasteiger partial charge in [-0.05, 0) is 25.5 Å². The van der Waals surface area contributed by atoms with Gasteiger partial charge in [0.15, 0.2) is 0 Å². The van der Waals surface area contributed by atoms with Crippen LogP contribution in [0.25, 0.3) is 5.57 Å². The predicted octanol–water partition coefficient (Wildman–Crippen LogP) is 1.76. The Hall–Kier alpha value is -2.26. The first-order valence-electron chi connectivity index (χ1n) is 7.40. The number of carbonyl (C=O) groups is 2. The Bertz CT molecular complexity index is 600. The van der Waals surface area contributed by atoms with E-state index in [-0.39, 0.29) is 0 Å². The lowest BCUT2D eigenvalue weighted by Crippen LogP contribution is -2.25. The number of allylic oxidation sites excluding steroid dienone is 1. The summed E-state index contributed by atoms with van der Waals surface area (Å²) in [5.41, 5.74) is 2.14. The van der Waals surface area contributed by atoms with Gasteiger partial charge >= 0.3 is 11.9 Å². The van der Waals surface area contributed by atoms with Crippen molar-refractivity contribution < 1.29 is 24.5 Å². The maximum absolute atomic E-state index is 9.10. The van der Waals surface area contributed by atoms with Gasteiger partial charge in [-0.3, -0.25) is 0 Å². The van der Waals surface area contributed by atoms with Crippen LogP contribution in [0.2, 0.25) is 0 Å². The molecule has 0 amide bonds. The van der Waals surface area contributed by atoms with Crippen molar-refractivity contribution in [3.63, 3.8) is 0 Å². The van der Waals surface area contributed by atoms with E-state index in [2.05, 4.69) is 39.8 Å². The van der Waals surface area contributed by atoms with Gasteiger partial charge in [-0.1, -0.05) is 25.2 Å². The highest BCUT2D eigenvalue weighted by atomic mass is 32.1. The van der Waals surface area contributed by atoms with Crippen LogP contribution in [0.5, 0.6) is 5.88 Å². The number of ether oxygens (including phenoxy) is 1. The fourth-order valence-corrected chi connectivity index (χ4v) is 2.43. The van der Waals surface area contributed by atoms with E-state index in [9.17, 15) is 0 Å². The van der Waals surface area contributed by atoms with Gasteiger partial charge in [-0.15, -0.1) is 4.37 Å². The van der Waals surface area contributed by atoms with Crippen LogP contribution >= 0.6 is 11.7 Å². The van der Waals surface area contributed by atoms with E-state index in [0.717, 1.165) is 31.6 Å². The molecule has 2 N–H and O–H groups in total. The summed E-state index contributed by atoms with van der Waals surface area (Å²) < 4.78 is 14.2. The van der Waals surface area contributed by atoms with Crippen molar-refractivity contribution in [1.82, 2.24) is 13.6 Å². The molecular weight excluding hydrogens is 334 g/mol. The lowest BCUT2D eigenvalue weighted by molar-refractivity contribution is -0.159. The van der Waals surface area contributed by atoms with E-state index >= 15 is 0 Å². The predicted molar refractivity (Wildman–Crippen MR) is 90.2 cm³/mol. The molecule has 0 spiro atoms. The summed E-state index contributed by atoms with van der Waals surface area (Å²) in [6.07, 6.45) is 8.45. The molecule has 1 aliphatic rings. The average Bonchev–Trinajstić information content (AvgIpc) is 3.00. The standard InChI is InChI=1S/C13H19N3OS.C2H2O4/c1-3-4-5-9-17-13-12(14-18-15-13)11-7-6-8-16(2)10-11;3-1(4)2(5)6/h4-5,7H,3,6,8-10H2,1-2H3;(H,3,4)(H,5,6)/b5-4-;. The second kappa shape index (κ2) is 10.5. The number of aliphatic carboxylic acids is 2. The molecule has 132 valence electrons. The van der Waals surface area contributed by atoms with E-state index in [4.69, 9.17) is 24.5 Å². The summed E-state index contributed by atoms with van der Waals surface area (Å²) in [6, 6.07) is 0. The van der Waals surface area contributed by atoms with Gasteiger partial charge in [0.05, 0.1) is 11.7 Å². The fraction of sp³-hybridized carbons (Fsp3) is 0.467. The molecule has 0 bridgehead atoms. The number of nitrogens with zero attached hydrogens (tertiary/aromatic N) is 3. The first kappa shape index (κ1) is 19.8. The number of hydrogen-bond donors (Lipinski definition) is 2. The highest BCUT2D eigenvalue weighted by Crippen LogP contribution is 2.26. The Kier molecular flexibility index (Phi) is 8.66. The zero-order valence-electron chi connectivity index (χ0n) is 13.6. The summed E-state index contributed by atoms with van der Waals surface area (Å²) >= 11 is 1.22. The van der Waals surface area contributed by atoms with Crippen LogP contribution < -0.4 is 4.74 Å². The van der Waals surface area contributed by atoms with Crippen LogP contribution in [0, 0.1) is 0 Å². The highest BCUT2D eigenvalue weighted by molar-refractivity contribution is 6.99. The third-order valence-corrected chi connectivity index (χ3v) is 3.52. The number of hydrogen-bond acceptors (Lipinski definition) is 7. The van der Waals surface area contributed by atoms with Crippen molar-refractivity contribution in [3.05, 3.63) is 23.9 Å². The molecule has 24 heavy (non-hydrogen) atoms. The minimum Gasteiger partial charge on any atom is -0.473 e. The molecule has 1 aromatic heterocycles. The summed E-state index contributed by atoms with van der Waals surface area (Å²) in [7, 11) is 2.12. The zero-order chi connectivity index (χ0) is 17.9. The topological polar surface area (TPSA) is 113 Å². The maximum Gasteiger partial charge on any atom is 0.414 e. The third-order valence-electron chi connectivity index (χ3n) is 3.01. The minimum atomic E-state index is -1.82. The molecule has 0 fully saturated rings. The lowest BCUT2D eigenvalue weighted by Gasteiger charge is -2.21. The molecule has 2 heterocycles. The monoisotopic (exact) mass is 355 g/mol. The van der Waals surface area contributed by atoms with Gasteiger partial charge < -0.3 is 19.8 Å². The molecule has 0 saturated heterocycles. The molecule has 9 heteroatoms. The molecule has 1 aliphatic heterocycles. The van der Waals surface area contributed by atoms with Crippen LogP contribution in [-0.2, 0) is 9.59 Å². The van der Waals surface area contributed by atoms with Crippen molar-refractivity contribution in [1.29, 1.82) is 0 Å². The second-order valence-corrected chi connectivity index (χ2v) is 5.50. The van der Waals surface area contributed by atoms with E-state index < -0.39 is 11.9 Å². The second-order valence-electron chi connectivity index (χ2n) is 4.97. The van der Waals surface area contributed by atoms with Gasteiger partial charge in [-0.25, -0.2) is 9.59 Å². The number of likely N-dealkylation sites (N-methyl/N-ethyl adjacent to an activating group) is 1. The Morgan fingerprint density at radius 2 is 2.04 bits per heavy atom. The smallest absolute Gasteiger partial charge is 0.414 e. The van der Waals surface area contributed by atoms with Gasteiger partial charge in [0.1, 0.15) is 12.3 Å². The van der Waals surface area contributed by atoms with Crippen molar-refractivity contribution >= 4 is 29.2 Å². The summed E-state index contributed by atoms with van der Waals surface area (Å²) in [4.78, 5) is 20.5. The molecule has 0 unspecified atom stereocenters. The van der Waals surface area contributed by atoms with E-state index in [1.54, 1.807) is 0 Å². The van der Waals surface area contributed by atoms with Crippen molar-refractivity contribution in [2.75, 3.05) is 26.7 Å². The Morgan fingerprint density at radius 1 is 1.33 bits per heavy atom. The molecule has 0 aliphatic carbocycles. The fourth-order valence-electron chi connectivity index (χ4n) is 1.90. The number of aromatic nitrogens is 2. The van der Waals surface area contributed by atoms with Crippen LogP contribution in [0.1, 0.15) is 25.5 Å². The Morgan fingerprint density at radius 3 is 2.62 bits per heavy atom. The molecule has 0 aromatic carbocycles. The SMILES string of the molecule is CC/C=C\COc1nsnc1C1=CCCN(C)C1.O=C(O)C(=O)O. The van der Waals surface area contributed by atoms with Gasteiger partial charge in [-0.2, -0.15) is 4.37 Å². The van der Waals surface area contributed by atoms with E-state index in [1.807, 2.05) is 6.08 Å². The summed E-state index contributed by atoms with van der Waals surface area (Å²) in [5.74, 6) is -2.98. The molecule has 0 atom stereocenters. The largest absolute Gasteiger partial charge is 0.473 e. The van der Waals surface area contributed by atoms with E-state index in [0.29, 0.717) is 12.5 Å². The Balaban J connectivity index is 0.000000413. The Labute approximate surface area is 144 Å². The van der Waals surface area contributed by atoms with Crippen molar-refractivity contribution in [2.45, 2.75) is 19.8 Å². The summed E-state index contributed by atoms with van der Waals surface area (Å²) in [6.45, 7) is 4.70. The highest BCUT2D eigenvalue weighted by Gasteiger charge is 2.18. The molecule has 8 nitrogen and oxygen atoms in total. The molecular formula is C15H21N3O5S. The number of carboxylic acid groups (broad SMARTS) is 2. The molecule has 0 radical (unpaired) electrons. The van der Waals surface area contributed by atoms with Crippen LogP contribution in [0.4, 0.5) is 0 Å². The first-order chi connectivity index (χ1) is 11.5. The zero-order valence-corrected chi connectivity index (χ0v) is 14.5. The van der Waals surface area contributed by atoms with Gasteiger partial charge in [0, 0.05) is 13.1 Å². The number of carboxylic acids is 2. The van der Waals surface area contributed by atoms with Crippen molar-refractivity contribution in [2.24, 2.45) is 0 Å². The van der Waals surface area contributed by atoms with Crippen LogP contribution in [0.15, 0.2) is 18.2 Å². The minimum absolute atomic E-state index is 0.565. The van der Waals surface area contributed by atoms with E-state index in [1.165, 1.54) is 17.3 Å². The van der Waals surface area contributed by atoms with Crippen LogP contribution in [0.3, 0.4) is 0 Å². The normalized spacial score (nSPS) is 14.7. The quantitative estimate of drug-likeness (QED) is 0.607. The average molecular weight is 355 g/mol. The number of rotatable bonds is 5. The maximum atomic E-state index is 9.10. The molecule has 1 aromatic rings. The molecule has 0 saturated carbocycles. The first-order valence-corrected chi connectivity index (χ1v) is 8.13. The molecule has 2 rings (SSSR count). The van der Waals surface area contributed by atoms with Gasteiger partial charge in [0.25, 0.3) is 5.88 Å². The van der Waals surface area contributed by atoms with Crippen molar-refractivity contribution in [3.8, 4) is 5.88 Å². The van der Waals surface area contributed by atoms with Crippen LogP contribution in [-0.4, -0.2) is 62.5 Å². The van der Waals surface area contributed by atoms with Gasteiger partial charge in [0.2, 0.25) is 0 Å². The summed E-state index contributed by atoms with van der Waals surface area (Å²) in [5, 5.41) is 14.8. The third kappa shape index (κ3) is 6.88. The lowest BCUT2D eigenvalue weighted by atomic mass is 10.1.